The molecule has 1 fully saturated rings. The molecule has 0 aliphatic carbocycles. The smallest absolute Gasteiger partial charge is 0.193 e. The van der Waals surface area contributed by atoms with Gasteiger partial charge in [0.1, 0.15) is 0 Å². The van der Waals surface area contributed by atoms with Crippen LogP contribution in [0.5, 0.6) is 11.5 Å². The highest BCUT2D eigenvalue weighted by Gasteiger charge is 2.15. The van der Waals surface area contributed by atoms with Gasteiger partial charge in [-0.25, -0.2) is 4.98 Å². The van der Waals surface area contributed by atoms with E-state index >= 15 is 0 Å². The quantitative estimate of drug-likeness (QED) is 0.361. The molecule has 4 rings (SSSR count). The molecule has 1 saturated heterocycles. The van der Waals surface area contributed by atoms with Crippen LogP contribution in [0.1, 0.15) is 25.0 Å². The van der Waals surface area contributed by atoms with Crippen LogP contribution in [-0.4, -0.2) is 43.8 Å². The number of benzene rings is 1. The van der Waals surface area contributed by atoms with Gasteiger partial charge in [-0.05, 0) is 25.0 Å². The molecule has 2 aliphatic rings. The van der Waals surface area contributed by atoms with E-state index in [0.717, 1.165) is 53.9 Å². The molecule has 3 N–H and O–H groups in total. The van der Waals surface area contributed by atoms with Gasteiger partial charge in [-0.2, -0.15) is 0 Å². The lowest BCUT2D eigenvalue weighted by molar-refractivity contribution is 0.297. The highest BCUT2D eigenvalue weighted by atomic mass is 127. The molecule has 7 nitrogen and oxygen atoms in total. The number of anilines is 2. The maximum atomic E-state index is 6.02. The molecule has 0 atom stereocenters. The summed E-state index contributed by atoms with van der Waals surface area (Å²) in [5, 5.41) is 6.37. The number of hydrogen-bond donors (Lipinski definition) is 2. The molecule has 0 amide bonds. The molecule has 28 heavy (non-hydrogen) atoms. The number of nitrogens with two attached hydrogens (primary N) is 1. The zero-order valence-corrected chi connectivity index (χ0v) is 18.9. The number of aromatic nitrogens is 1. The second-order valence-electron chi connectivity index (χ2n) is 6.67. The van der Waals surface area contributed by atoms with Crippen LogP contribution in [0, 0.1) is 0 Å². The number of fused-ring (bicyclic) bond motifs is 1. The van der Waals surface area contributed by atoms with Gasteiger partial charge in [0.25, 0.3) is 0 Å². The first kappa shape index (κ1) is 21.0. The Kier molecular flexibility index (Phi) is 7.60. The first-order valence-corrected chi connectivity index (χ1v) is 10.3. The van der Waals surface area contributed by atoms with E-state index in [-0.39, 0.29) is 24.0 Å². The summed E-state index contributed by atoms with van der Waals surface area (Å²) in [6, 6.07) is 5.70. The van der Waals surface area contributed by atoms with Crippen LogP contribution in [-0.2, 0) is 6.42 Å². The van der Waals surface area contributed by atoms with Gasteiger partial charge in [0, 0.05) is 49.6 Å². The van der Waals surface area contributed by atoms with Crippen molar-refractivity contribution < 1.29 is 9.47 Å². The molecule has 1 aromatic heterocycles. The molecule has 0 radical (unpaired) electrons. The van der Waals surface area contributed by atoms with Crippen LogP contribution in [0.3, 0.4) is 0 Å². The summed E-state index contributed by atoms with van der Waals surface area (Å²) in [5.41, 5.74) is 7.94. The number of nitrogens with one attached hydrogen (secondary N) is 1. The zero-order valence-electron chi connectivity index (χ0n) is 15.7. The molecule has 2 aromatic rings. The van der Waals surface area contributed by atoms with Gasteiger partial charge in [0.2, 0.25) is 0 Å². The maximum absolute atomic E-state index is 6.02. The molecular formula is C19H26IN5O2S. The van der Waals surface area contributed by atoms with Gasteiger partial charge in [0.05, 0.1) is 18.9 Å². The summed E-state index contributed by atoms with van der Waals surface area (Å²) in [7, 11) is 0. The van der Waals surface area contributed by atoms with Crippen LogP contribution in [0.15, 0.2) is 28.6 Å². The van der Waals surface area contributed by atoms with E-state index in [1.807, 2.05) is 18.2 Å². The summed E-state index contributed by atoms with van der Waals surface area (Å²) in [6.45, 7) is 4.19. The monoisotopic (exact) mass is 515 g/mol. The molecule has 1 aromatic carbocycles. The Morgan fingerprint density at radius 1 is 1.18 bits per heavy atom. The number of thiazole rings is 1. The summed E-state index contributed by atoms with van der Waals surface area (Å²) >= 11 is 1.72. The van der Waals surface area contributed by atoms with Crippen molar-refractivity contribution in [3.05, 3.63) is 29.3 Å². The number of aliphatic imine (C=N–C) groups is 1. The van der Waals surface area contributed by atoms with E-state index in [1.54, 1.807) is 11.3 Å². The molecular weight excluding hydrogens is 489 g/mol. The highest BCUT2D eigenvalue weighted by molar-refractivity contribution is 14.0. The second kappa shape index (κ2) is 10.1. The fourth-order valence-electron chi connectivity index (χ4n) is 3.18. The van der Waals surface area contributed by atoms with Crippen molar-refractivity contribution in [2.24, 2.45) is 10.7 Å². The fraction of sp³-hybridized carbons (Fsp3) is 0.474. The van der Waals surface area contributed by atoms with Crippen molar-refractivity contribution in [2.45, 2.75) is 25.7 Å². The standard InChI is InChI=1S/C19H25N5O2S.HI/c20-18(22-14-4-5-16-17(12-14)26-11-3-10-25-16)21-7-6-15-13-27-19(23-15)24-8-1-2-9-24;/h4-5,12-13H,1-3,6-11H2,(H3,20,21,22);1H. The number of nitrogens with zero attached hydrogens (tertiary/aromatic N) is 3. The van der Waals surface area contributed by atoms with Crippen molar-refractivity contribution in [1.29, 1.82) is 0 Å². The van der Waals surface area contributed by atoms with Gasteiger partial charge >= 0.3 is 0 Å². The fourth-order valence-corrected chi connectivity index (χ4v) is 4.10. The van der Waals surface area contributed by atoms with Crippen LogP contribution < -0.4 is 25.4 Å². The van der Waals surface area contributed by atoms with Gasteiger partial charge in [-0.3, -0.25) is 4.99 Å². The first-order valence-electron chi connectivity index (χ1n) is 9.44. The Hall–Kier alpha value is -1.75. The minimum absolute atomic E-state index is 0. The van der Waals surface area contributed by atoms with Crippen molar-refractivity contribution in [1.82, 2.24) is 4.98 Å². The second-order valence-corrected chi connectivity index (χ2v) is 7.51. The van der Waals surface area contributed by atoms with Crippen molar-refractivity contribution in [3.8, 4) is 11.5 Å². The van der Waals surface area contributed by atoms with E-state index < -0.39 is 0 Å². The molecule has 152 valence electrons. The number of halogens is 1. The zero-order chi connectivity index (χ0) is 18.5. The van der Waals surface area contributed by atoms with Crippen molar-refractivity contribution >= 4 is 52.1 Å². The summed E-state index contributed by atoms with van der Waals surface area (Å²) in [5.74, 6) is 1.90. The number of guanidine groups is 1. The van der Waals surface area contributed by atoms with E-state index in [0.29, 0.717) is 25.7 Å². The minimum Gasteiger partial charge on any atom is -0.490 e. The number of ether oxygens (including phenoxy) is 2. The lowest BCUT2D eigenvalue weighted by Gasteiger charge is -2.12. The minimum atomic E-state index is 0. The van der Waals surface area contributed by atoms with E-state index in [4.69, 9.17) is 20.2 Å². The molecule has 0 spiro atoms. The lowest BCUT2D eigenvalue weighted by Crippen LogP contribution is -2.23. The topological polar surface area (TPSA) is 85.0 Å². The Labute approximate surface area is 186 Å². The van der Waals surface area contributed by atoms with Crippen molar-refractivity contribution in [2.75, 3.05) is 43.1 Å². The average molecular weight is 515 g/mol. The third-order valence-electron chi connectivity index (χ3n) is 4.59. The third-order valence-corrected chi connectivity index (χ3v) is 5.54. The Bertz CT molecular complexity index is 807. The van der Waals surface area contributed by atoms with Gasteiger partial charge in [0.15, 0.2) is 22.6 Å². The normalized spacial score (nSPS) is 16.4. The molecule has 0 unspecified atom stereocenters. The first-order chi connectivity index (χ1) is 13.3. The molecule has 0 bridgehead atoms. The summed E-state index contributed by atoms with van der Waals surface area (Å²) in [4.78, 5) is 11.5. The molecule has 0 saturated carbocycles. The molecule has 2 aliphatic heterocycles. The number of hydrogen-bond acceptors (Lipinski definition) is 6. The summed E-state index contributed by atoms with van der Waals surface area (Å²) in [6.07, 6.45) is 4.20. The van der Waals surface area contributed by atoms with Crippen molar-refractivity contribution in [3.63, 3.8) is 0 Å². The van der Waals surface area contributed by atoms with Gasteiger partial charge in [-0.15, -0.1) is 35.3 Å². The lowest BCUT2D eigenvalue weighted by atomic mass is 10.3. The average Bonchev–Trinajstić information content (AvgIpc) is 3.30. The van der Waals surface area contributed by atoms with Gasteiger partial charge < -0.3 is 25.4 Å². The largest absolute Gasteiger partial charge is 0.490 e. The Morgan fingerprint density at radius 2 is 1.96 bits per heavy atom. The van der Waals surface area contributed by atoms with Crippen LogP contribution in [0.4, 0.5) is 10.8 Å². The van der Waals surface area contributed by atoms with Crippen LogP contribution in [0.2, 0.25) is 0 Å². The van der Waals surface area contributed by atoms with E-state index in [9.17, 15) is 0 Å². The third kappa shape index (κ3) is 5.40. The molecule has 3 heterocycles. The Balaban J connectivity index is 0.00000225. The number of rotatable bonds is 5. The molecule has 9 heteroatoms. The SMILES string of the molecule is I.NC(=NCCc1csc(N2CCCC2)n1)Nc1ccc2c(c1)OCCCO2. The predicted molar refractivity (Wildman–Crippen MR) is 125 cm³/mol. The van der Waals surface area contributed by atoms with Crippen LogP contribution >= 0.6 is 35.3 Å². The maximum Gasteiger partial charge on any atom is 0.193 e. The van der Waals surface area contributed by atoms with Gasteiger partial charge in [-0.1, -0.05) is 0 Å². The van der Waals surface area contributed by atoms with Crippen LogP contribution in [0.25, 0.3) is 0 Å². The summed E-state index contributed by atoms with van der Waals surface area (Å²) < 4.78 is 11.3. The van der Waals surface area contributed by atoms with E-state index in [1.165, 1.54) is 12.8 Å². The highest BCUT2D eigenvalue weighted by Crippen LogP contribution is 2.32. The predicted octanol–water partition coefficient (Wildman–Crippen LogP) is 3.49. The Morgan fingerprint density at radius 3 is 2.79 bits per heavy atom. The van der Waals surface area contributed by atoms with E-state index in [2.05, 4.69) is 20.6 Å².